The van der Waals surface area contributed by atoms with Crippen molar-refractivity contribution in [1.82, 2.24) is 9.97 Å². The predicted molar refractivity (Wildman–Crippen MR) is 137 cm³/mol. The number of carbonyl (C=O) groups excluding carboxylic acids is 1. The molecule has 1 amide bonds. The van der Waals surface area contributed by atoms with E-state index in [0.717, 1.165) is 38.2 Å². The number of hydrogen-bond acceptors (Lipinski definition) is 6. The minimum Gasteiger partial charge on any atom is -0.494 e. The summed E-state index contributed by atoms with van der Waals surface area (Å²) in [6, 6.07) is 22.9. The van der Waals surface area contributed by atoms with Crippen LogP contribution in [0.1, 0.15) is 24.2 Å². The number of fused-ring (bicyclic) bond motifs is 2. The van der Waals surface area contributed by atoms with Gasteiger partial charge in [0.25, 0.3) is 5.91 Å². The lowest BCUT2D eigenvalue weighted by molar-refractivity contribution is 0.102. The third-order valence-electron chi connectivity index (χ3n) is 5.29. The van der Waals surface area contributed by atoms with Gasteiger partial charge in [-0.2, -0.15) is 0 Å². The van der Waals surface area contributed by atoms with Crippen LogP contribution in [-0.2, 0) is 0 Å². The molecule has 0 radical (unpaired) electrons. The Morgan fingerprint density at radius 1 is 0.853 bits per heavy atom. The molecule has 170 valence electrons. The van der Waals surface area contributed by atoms with Crippen molar-refractivity contribution in [1.29, 1.82) is 0 Å². The zero-order chi connectivity index (χ0) is 23.5. The van der Waals surface area contributed by atoms with Gasteiger partial charge in [-0.15, -0.1) is 0 Å². The SMILES string of the molecule is CCOc1cccc(-c2cc(C(=O)Nc3nc4ccc(OCC)cc4s3)c3ccccc3n2)c1. The fourth-order valence-electron chi connectivity index (χ4n) is 3.80. The van der Waals surface area contributed by atoms with Crippen molar-refractivity contribution in [3.8, 4) is 22.8 Å². The molecule has 0 saturated carbocycles. The van der Waals surface area contributed by atoms with Crippen LogP contribution in [0.15, 0.2) is 72.8 Å². The summed E-state index contributed by atoms with van der Waals surface area (Å²) in [6.07, 6.45) is 0. The third-order valence-corrected chi connectivity index (χ3v) is 6.23. The molecule has 1 N–H and O–H groups in total. The number of anilines is 1. The lowest BCUT2D eigenvalue weighted by Crippen LogP contribution is -2.13. The maximum atomic E-state index is 13.4. The molecule has 0 bridgehead atoms. The van der Waals surface area contributed by atoms with Crippen molar-refractivity contribution in [3.63, 3.8) is 0 Å². The molecule has 7 heteroatoms. The van der Waals surface area contributed by atoms with Crippen molar-refractivity contribution in [2.45, 2.75) is 13.8 Å². The van der Waals surface area contributed by atoms with E-state index in [0.29, 0.717) is 29.6 Å². The number of para-hydroxylation sites is 1. The number of aromatic nitrogens is 2. The van der Waals surface area contributed by atoms with E-state index in [9.17, 15) is 4.79 Å². The van der Waals surface area contributed by atoms with Crippen LogP contribution in [0, 0.1) is 0 Å². The van der Waals surface area contributed by atoms with E-state index in [4.69, 9.17) is 14.5 Å². The number of carbonyl (C=O) groups is 1. The van der Waals surface area contributed by atoms with Gasteiger partial charge in [-0.25, -0.2) is 9.97 Å². The van der Waals surface area contributed by atoms with Crippen LogP contribution >= 0.6 is 11.3 Å². The lowest BCUT2D eigenvalue weighted by atomic mass is 10.0. The average Bonchev–Trinajstić information content (AvgIpc) is 3.25. The fourth-order valence-corrected chi connectivity index (χ4v) is 4.69. The fraction of sp³-hybridized carbons (Fsp3) is 0.148. The summed E-state index contributed by atoms with van der Waals surface area (Å²) >= 11 is 1.42. The molecule has 0 spiro atoms. The van der Waals surface area contributed by atoms with Gasteiger partial charge in [0.1, 0.15) is 11.5 Å². The highest BCUT2D eigenvalue weighted by atomic mass is 32.1. The van der Waals surface area contributed by atoms with Gasteiger partial charge < -0.3 is 9.47 Å². The van der Waals surface area contributed by atoms with Crippen molar-refractivity contribution in [2.24, 2.45) is 0 Å². The highest BCUT2D eigenvalue weighted by Crippen LogP contribution is 2.31. The molecule has 6 nitrogen and oxygen atoms in total. The number of ether oxygens (including phenoxy) is 2. The number of thiazole rings is 1. The lowest BCUT2D eigenvalue weighted by Gasteiger charge is -2.10. The average molecular weight is 470 g/mol. The van der Waals surface area contributed by atoms with E-state index in [-0.39, 0.29) is 5.91 Å². The maximum absolute atomic E-state index is 13.4. The van der Waals surface area contributed by atoms with Gasteiger partial charge in [0, 0.05) is 10.9 Å². The standard InChI is InChI=1S/C27H23N3O3S/c1-3-32-18-9-7-8-17(14-18)24-16-21(20-10-5-6-11-22(20)28-24)26(31)30-27-29-23-13-12-19(33-4-2)15-25(23)34-27/h5-16H,3-4H2,1-2H3,(H,29,30,31). The molecule has 0 atom stereocenters. The Morgan fingerprint density at radius 3 is 2.47 bits per heavy atom. The highest BCUT2D eigenvalue weighted by Gasteiger charge is 2.16. The smallest absolute Gasteiger partial charge is 0.258 e. The number of nitrogens with one attached hydrogen (secondary N) is 1. The largest absolute Gasteiger partial charge is 0.494 e. The van der Waals surface area contributed by atoms with Crippen molar-refractivity contribution in [3.05, 3.63) is 78.4 Å². The Morgan fingerprint density at radius 2 is 1.65 bits per heavy atom. The van der Waals surface area contributed by atoms with Crippen LogP contribution in [0.4, 0.5) is 5.13 Å². The number of rotatable bonds is 7. The first-order valence-corrected chi connectivity index (χ1v) is 11.9. The summed E-state index contributed by atoms with van der Waals surface area (Å²) in [5, 5.41) is 4.30. The van der Waals surface area contributed by atoms with E-state index in [1.807, 2.05) is 86.6 Å². The number of pyridine rings is 1. The van der Waals surface area contributed by atoms with E-state index >= 15 is 0 Å². The van der Waals surface area contributed by atoms with Crippen LogP contribution in [-0.4, -0.2) is 29.1 Å². The molecule has 0 unspecified atom stereocenters. The first-order chi connectivity index (χ1) is 16.6. The number of benzene rings is 3. The highest BCUT2D eigenvalue weighted by molar-refractivity contribution is 7.22. The molecule has 0 saturated heterocycles. The molecule has 2 heterocycles. The van der Waals surface area contributed by atoms with Crippen molar-refractivity contribution < 1.29 is 14.3 Å². The summed E-state index contributed by atoms with van der Waals surface area (Å²) < 4.78 is 12.2. The maximum Gasteiger partial charge on any atom is 0.258 e. The molecule has 34 heavy (non-hydrogen) atoms. The zero-order valence-electron chi connectivity index (χ0n) is 18.9. The second-order valence-electron chi connectivity index (χ2n) is 7.57. The Hall–Kier alpha value is -3.97. The van der Waals surface area contributed by atoms with Gasteiger partial charge >= 0.3 is 0 Å². The van der Waals surface area contributed by atoms with Crippen LogP contribution in [0.5, 0.6) is 11.5 Å². The molecule has 2 aromatic heterocycles. The van der Waals surface area contributed by atoms with E-state index in [2.05, 4.69) is 10.3 Å². The molecule has 3 aromatic carbocycles. The molecule has 0 fully saturated rings. The number of hydrogen-bond donors (Lipinski definition) is 1. The summed E-state index contributed by atoms with van der Waals surface area (Å²) in [4.78, 5) is 22.8. The van der Waals surface area contributed by atoms with Gasteiger partial charge in [0.05, 0.1) is 40.2 Å². The molecule has 0 aliphatic heterocycles. The third kappa shape index (κ3) is 4.43. The van der Waals surface area contributed by atoms with E-state index in [1.165, 1.54) is 11.3 Å². The summed E-state index contributed by atoms with van der Waals surface area (Å²) in [7, 11) is 0. The van der Waals surface area contributed by atoms with Crippen molar-refractivity contribution >= 4 is 43.5 Å². The Bertz CT molecular complexity index is 1500. The van der Waals surface area contributed by atoms with E-state index in [1.54, 1.807) is 0 Å². The topological polar surface area (TPSA) is 73.3 Å². The van der Waals surface area contributed by atoms with Gasteiger partial charge in [0.2, 0.25) is 0 Å². The van der Waals surface area contributed by atoms with Gasteiger partial charge in [-0.3, -0.25) is 10.1 Å². The second kappa shape index (κ2) is 9.49. The zero-order valence-corrected chi connectivity index (χ0v) is 19.7. The molecular formula is C27H23N3O3S. The minimum atomic E-state index is -0.232. The Balaban J connectivity index is 1.52. The van der Waals surface area contributed by atoms with E-state index < -0.39 is 0 Å². The number of nitrogens with zero attached hydrogens (tertiary/aromatic N) is 2. The molecule has 0 aliphatic rings. The number of amides is 1. The van der Waals surface area contributed by atoms with Crippen LogP contribution in [0.2, 0.25) is 0 Å². The Kier molecular flexibility index (Phi) is 6.10. The van der Waals surface area contributed by atoms with Gasteiger partial charge in [-0.1, -0.05) is 41.7 Å². The molecule has 5 rings (SSSR count). The molecule has 0 aliphatic carbocycles. The van der Waals surface area contributed by atoms with Crippen LogP contribution in [0.3, 0.4) is 0 Å². The summed E-state index contributed by atoms with van der Waals surface area (Å²) in [5.41, 5.74) is 3.69. The van der Waals surface area contributed by atoms with Crippen LogP contribution in [0.25, 0.3) is 32.4 Å². The molecular weight excluding hydrogens is 446 g/mol. The van der Waals surface area contributed by atoms with Gasteiger partial charge in [0.15, 0.2) is 5.13 Å². The first kappa shape index (κ1) is 21.9. The summed E-state index contributed by atoms with van der Waals surface area (Å²) in [6.45, 7) is 5.07. The van der Waals surface area contributed by atoms with Crippen molar-refractivity contribution in [2.75, 3.05) is 18.5 Å². The quantitative estimate of drug-likeness (QED) is 0.292. The normalized spacial score (nSPS) is 11.0. The monoisotopic (exact) mass is 469 g/mol. The summed E-state index contributed by atoms with van der Waals surface area (Å²) in [5.74, 6) is 1.32. The van der Waals surface area contributed by atoms with Gasteiger partial charge in [-0.05, 0) is 56.3 Å². The second-order valence-corrected chi connectivity index (χ2v) is 8.60. The van der Waals surface area contributed by atoms with Crippen LogP contribution < -0.4 is 14.8 Å². The first-order valence-electron chi connectivity index (χ1n) is 11.1. The molecule has 5 aromatic rings. The predicted octanol–water partition coefficient (Wildman–Crippen LogP) is 6.56. The Labute approximate surface area is 201 Å². The minimum absolute atomic E-state index is 0.232.